The van der Waals surface area contributed by atoms with E-state index >= 15 is 0 Å². The van der Waals surface area contributed by atoms with Crippen LogP contribution >= 0.6 is 0 Å². The maximum Gasteiger partial charge on any atom is 0.327 e. The molecule has 1 aliphatic rings. The van der Waals surface area contributed by atoms with Gasteiger partial charge >= 0.3 is 6.03 Å². The number of rotatable bonds is 3. The summed E-state index contributed by atoms with van der Waals surface area (Å²) in [7, 11) is 1.55. The summed E-state index contributed by atoms with van der Waals surface area (Å²) in [5.74, 6) is 0.0361. The largest absolute Gasteiger partial charge is 0.458 e. The number of likely N-dealkylation sites (N-methyl/N-ethyl adjacent to an activating group) is 1. The Balaban J connectivity index is 1.81. The average molecular weight is 274 g/mol. The van der Waals surface area contributed by atoms with Crippen molar-refractivity contribution in [1.29, 1.82) is 0 Å². The van der Waals surface area contributed by atoms with Crippen molar-refractivity contribution in [3.8, 4) is 0 Å². The van der Waals surface area contributed by atoms with Gasteiger partial charge in [-0.05, 0) is 12.1 Å². The van der Waals surface area contributed by atoms with Crippen LogP contribution in [0.3, 0.4) is 0 Å². The Labute approximate surface area is 115 Å². The molecule has 0 bridgehead atoms. The molecule has 6 nitrogen and oxygen atoms in total. The zero-order chi connectivity index (χ0) is 14.3. The normalized spacial score (nSPS) is 17.3. The first-order chi connectivity index (χ1) is 9.56. The van der Waals surface area contributed by atoms with Gasteiger partial charge in [-0.1, -0.05) is 18.2 Å². The lowest BCUT2D eigenvalue weighted by molar-refractivity contribution is -0.126. The molecule has 0 saturated carbocycles. The van der Waals surface area contributed by atoms with Crippen LogP contribution in [0.4, 0.5) is 4.79 Å². The van der Waals surface area contributed by atoms with Crippen LogP contribution < -0.4 is 0 Å². The third kappa shape index (κ3) is 2.04. The van der Waals surface area contributed by atoms with E-state index in [0.717, 1.165) is 10.3 Å². The SMILES string of the molecule is CN1CC(=O)N(CC(O)c2cc3ccccc3o2)C1=O. The van der Waals surface area contributed by atoms with Gasteiger partial charge in [0.05, 0.1) is 6.54 Å². The third-order valence-corrected chi connectivity index (χ3v) is 3.36. The van der Waals surface area contributed by atoms with Crippen molar-refractivity contribution in [1.82, 2.24) is 9.80 Å². The minimum absolute atomic E-state index is 0.0473. The van der Waals surface area contributed by atoms with E-state index in [1.807, 2.05) is 18.2 Å². The van der Waals surface area contributed by atoms with Crippen molar-refractivity contribution < 1.29 is 19.1 Å². The number of furan rings is 1. The summed E-state index contributed by atoms with van der Waals surface area (Å²) in [4.78, 5) is 25.8. The molecule has 6 heteroatoms. The van der Waals surface area contributed by atoms with Crippen LogP contribution in [-0.2, 0) is 4.79 Å². The van der Waals surface area contributed by atoms with Crippen molar-refractivity contribution in [2.24, 2.45) is 0 Å². The molecule has 1 saturated heterocycles. The number of amides is 3. The van der Waals surface area contributed by atoms with E-state index in [0.29, 0.717) is 11.3 Å². The highest BCUT2D eigenvalue weighted by atomic mass is 16.4. The Kier molecular flexibility index (Phi) is 2.94. The van der Waals surface area contributed by atoms with Crippen LogP contribution in [0.25, 0.3) is 11.0 Å². The van der Waals surface area contributed by atoms with Gasteiger partial charge in [-0.25, -0.2) is 4.79 Å². The molecule has 1 atom stereocenters. The number of β-amino-alcohol motifs (C(OH)–C–C–N with tert-alkyl or cyclic N) is 1. The molecule has 0 spiro atoms. The van der Waals surface area contributed by atoms with Crippen molar-refractivity contribution in [3.63, 3.8) is 0 Å². The lowest BCUT2D eigenvalue weighted by Gasteiger charge is -2.16. The zero-order valence-corrected chi connectivity index (χ0v) is 10.9. The fourth-order valence-electron chi connectivity index (χ4n) is 2.28. The second kappa shape index (κ2) is 4.64. The van der Waals surface area contributed by atoms with E-state index in [-0.39, 0.29) is 19.0 Å². The number of fused-ring (bicyclic) bond motifs is 1. The van der Waals surface area contributed by atoms with Crippen molar-refractivity contribution in [2.45, 2.75) is 6.10 Å². The molecule has 1 aliphatic heterocycles. The number of para-hydroxylation sites is 1. The molecule has 1 aromatic heterocycles. The number of hydrogen-bond donors (Lipinski definition) is 1. The number of carbonyl (C=O) groups excluding carboxylic acids is 2. The van der Waals surface area contributed by atoms with Gasteiger partial charge in [-0.3, -0.25) is 9.69 Å². The van der Waals surface area contributed by atoms with Gasteiger partial charge in [0.15, 0.2) is 0 Å². The van der Waals surface area contributed by atoms with Gasteiger partial charge in [-0.2, -0.15) is 0 Å². The van der Waals surface area contributed by atoms with E-state index < -0.39 is 12.1 Å². The van der Waals surface area contributed by atoms with Gasteiger partial charge in [0.25, 0.3) is 0 Å². The summed E-state index contributed by atoms with van der Waals surface area (Å²) in [5.41, 5.74) is 0.665. The Morgan fingerprint density at radius 3 is 2.75 bits per heavy atom. The molecule has 104 valence electrons. The van der Waals surface area contributed by atoms with E-state index in [1.165, 1.54) is 4.90 Å². The highest BCUT2D eigenvalue weighted by Crippen LogP contribution is 2.25. The Morgan fingerprint density at radius 2 is 2.10 bits per heavy atom. The summed E-state index contributed by atoms with van der Waals surface area (Å²) in [5, 5.41) is 11.0. The van der Waals surface area contributed by atoms with Gasteiger partial charge in [0.2, 0.25) is 5.91 Å². The van der Waals surface area contributed by atoms with Gasteiger partial charge in [0.1, 0.15) is 24.0 Å². The predicted octanol–water partition coefficient (Wildman–Crippen LogP) is 1.36. The molecule has 3 amide bonds. The number of carbonyl (C=O) groups is 2. The van der Waals surface area contributed by atoms with Gasteiger partial charge in [0, 0.05) is 12.4 Å². The van der Waals surface area contributed by atoms with Crippen LogP contribution in [0.1, 0.15) is 11.9 Å². The summed E-state index contributed by atoms with van der Waals surface area (Å²) in [6.07, 6.45) is -1.03. The fraction of sp³-hybridized carbons (Fsp3) is 0.286. The molecular formula is C14H14N2O4. The maximum absolute atomic E-state index is 11.7. The number of hydrogen-bond acceptors (Lipinski definition) is 4. The summed E-state index contributed by atoms with van der Waals surface area (Å²) >= 11 is 0. The second-order valence-electron chi connectivity index (χ2n) is 4.85. The molecule has 2 aromatic rings. The quantitative estimate of drug-likeness (QED) is 0.858. The average Bonchev–Trinajstić information content (AvgIpc) is 2.95. The highest BCUT2D eigenvalue weighted by molar-refractivity contribution is 6.01. The van der Waals surface area contributed by atoms with Crippen LogP contribution in [-0.4, -0.2) is 47.0 Å². The van der Waals surface area contributed by atoms with Crippen molar-refractivity contribution in [3.05, 3.63) is 36.1 Å². The molecule has 20 heavy (non-hydrogen) atoms. The van der Waals surface area contributed by atoms with E-state index in [2.05, 4.69) is 0 Å². The minimum atomic E-state index is -1.03. The number of urea groups is 1. The molecule has 0 aliphatic carbocycles. The Hall–Kier alpha value is -2.34. The summed E-state index contributed by atoms with van der Waals surface area (Å²) in [6.45, 7) is -0.0481. The third-order valence-electron chi connectivity index (χ3n) is 3.36. The van der Waals surface area contributed by atoms with Crippen LogP contribution in [0.15, 0.2) is 34.7 Å². The van der Waals surface area contributed by atoms with Crippen LogP contribution in [0.2, 0.25) is 0 Å². The molecule has 0 radical (unpaired) electrons. The molecule has 1 unspecified atom stereocenters. The molecule has 1 aromatic carbocycles. The molecule has 3 rings (SSSR count). The first-order valence-electron chi connectivity index (χ1n) is 6.28. The molecular weight excluding hydrogens is 260 g/mol. The monoisotopic (exact) mass is 274 g/mol. The van der Waals surface area contributed by atoms with Crippen LogP contribution in [0.5, 0.6) is 0 Å². The Morgan fingerprint density at radius 1 is 1.35 bits per heavy atom. The van der Waals surface area contributed by atoms with Crippen molar-refractivity contribution >= 4 is 22.9 Å². The second-order valence-corrected chi connectivity index (χ2v) is 4.85. The van der Waals surface area contributed by atoms with E-state index in [4.69, 9.17) is 4.42 Å². The molecule has 1 fully saturated rings. The lowest BCUT2D eigenvalue weighted by atomic mass is 10.2. The topological polar surface area (TPSA) is 74.0 Å². The van der Waals surface area contributed by atoms with Crippen LogP contribution in [0, 0.1) is 0 Å². The first-order valence-corrected chi connectivity index (χ1v) is 6.28. The number of aliphatic hydroxyl groups is 1. The minimum Gasteiger partial charge on any atom is -0.458 e. The first kappa shape index (κ1) is 12.7. The van der Waals surface area contributed by atoms with E-state index in [1.54, 1.807) is 19.2 Å². The number of aliphatic hydroxyl groups excluding tert-OH is 1. The number of nitrogens with zero attached hydrogens (tertiary/aromatic N) is 2. The van der Waals surface area contributed by atoms with E-state index in [9.17, 15) is 14.7 Å². The number of benzene rings is 1. The summed E-state index contributed by atoms with van der Waals surface area (Å²) in [6, 6.07) is 8.70. The van der Waals surface area contributed by atoms with Crippen molar-refractivity contribution in [2.75, 3.05) is 20.1 Å². The smallest absolute Gasteiger partial charge is 0.327 e. The summed E-state index contributed by atoms with van der Waals surface area (Å²) < 4.78 is 5.52. The molecule has 2 heterocycles. The standard InChI is InChI=1S/C14H14N2O4/c1-15-8-13(18)16(14(15)19)7-10(17)12-6-9-4-2-3-5-11(9)20-12/h2-6,10,17H,7-8H2,1H3. The Bertz CT molecular complexity index is 646. The fourth-order valence-corrected chi connectivity index (χ4v) is 2.28. The zero-order valence-electron chi connectivity index (χ0n) is 10.9. The maximum atomic E-state index is 11.7. The van der Waals surface area contributed by atoms with Gasteiger partial charge in [-0.15, -0.1) is 0 Å². The molecule has 1 N–H and O–H groups in total. The number of imide groups is 1. The predicted molar refractivity (Wildman–Crippen MR) is 70.9 cm³/mol. The highest BCUT2D eigenvalue weighted by Gasteiger charge is 2.35. The van der Waals surface area contributed by atoms with Gasteiger partial charge < -0.3 is 14.4 Å². The lowest BCUT2D eigenvalue weighted by Crippen LogP contribution is -2.35.